The fourth-order valence-corrected chi connectivity index (χ4v) is 3.57. The molecule has 0 saturated carbocycles. The maximum atomic E-state index is 13.2. The van der Waals surface area contributed by atoms with E-state index in [1.165, 1.54) is 6.92 Å². The largest absolute Gasteiger partial charge is 0.496 e. The monoisotopic (exact) mass is 412 g/mol. The number of anilines is 1. The molecule has 1 amide bonds. The molecule has 0 atom stereocenters. The molecular weight excluding hydrogens is 392 g/mol. The number of amides is 1. The maximum absolute atomic E-state index is 13.2. The van der Waals surface area contributed by atoms with Crippen LogP contribution in [-0.4, -0.2) is 29.2 Å². The molecular formula is C18H20BF3N2O3S. The standard InChI is InChI=1S/C18H20BF3N2O3S/c1-10-23-14(18(20,21)22)13(28-10)15(25)24-12-9-7-6-8-11(12)19-26-16(2,3)17(4,5)27-19/h6-9H,1-5H3,(H,24,25). The summed E-state index contributed by atoms with van der Waals surface area (Å²) in [7, 11) is -0.758. The smallest absolute Gasteiger partial charge is 0.399 e. The van der Waals surface area contributed by atoms with Gasteiger partial charge in [0.15, 0.2) is 5.69 Å². The first-order valence-electron chi connectivity index (χ1n) is 8.62. The highest BCUT2D eigenvalue weighted by molar-refractivity contribution is 7.13. The molecule has 28 heavy (non-hydrogen) atoms. The minimum atomic E-state index is -4.71. The number of hydrogen-bond donors (Lipinski definition) is 1. The van der Waals surface area contributed by atoms with E-state index < -0.39 is 41.0 Å². The number of thiazole rings is 1. The number of carbonyl (C=O) groups excluding carboxylic acids is 1. The second-order valence-electron chi connectivity index (χ2n) is 7.54. The molecule has 1 aliphatic rings. The van der Waals surface area contributed by atoms with E-state index in [-0.39, 0.29) is 5.01 Å². The van der Waals surface area contributed by atoms with Crippen LogP contribution in [0.15, 0.2) is 24.3 Å². The molecule has 1 saturated heterocycles. The number of rotatable bonds is 3. The molecule has 1 fully saturated rings. The third kappa shape index (κ3) is 3.81. The first-order chi connectivity index (χ1) is 12.8. The van der Waals surface area contributed by atoms with Gasteiger partial charge in [-0.25, -0.2) is 4.98 Å². The molecule has 150 valence electrons. The molecule has 10 heteroatoms. The average Bonchev–Trinajstić information content (AvgIpc) is 3.05. The molecule has 3 rings (SSSR count). The van der Waals surface area contributed by atoms with Crippen LogP contribution in [0.25, 0.3) is 0 Å². The zero-order valence-corrected chi connectivity index (χ0v) is 16.9. The van der Waals surface area contributed by atoms with Gasteiger partial charge in [-0.2, -0.15) is 13.2 Å². The van der Waals surface area contributed by atoms with Gasteiger partial charge in [0.1, 0.15) is 4.88 Å². The van der Waals surface area contributed by atoms with Crippen molar-refractivity contribution in [3.8, 4) is 0 Å². The first kappa shape index (κ1) is 20.8. The summed E-state index contributed by atoms with van der Waals surface area (Å²) >= 11 is 0.701. The topological polar surface area (TPSA) is 60.5 Å². The molecule has 0 radical (unpaired) electrons. The van der Waals surface area contributed by atoms with Gasteiger partial charge in [0.25, 0.3) is 5.91 Å². The van der Waals surface area contributed by atoms with Gasteiger partial charge < -0.3 is 14.6 Å². The molecule has 2 aromatic rings. The Labute approximate surface area is 165 Å². The lowest BCUT2D eigenvalue weighted by Crippen LogP contribution is -2.41. The van der Waals surface area contributed by atoms with Crippen LogP contribution in [0.1, 0.15) is 48.1 Å². The SMILES string of the molecule is Cc1nc(C(F)(F)F)c(C(=O)Nc2ccccc2B2OC(C)(C)C(C)(C)O2)s1. The van der Waals surface area contributed by atoms with E-state index in [1.54, 1.807) is 24.3 Å². The molecule has 2 heterocycles. The van der Waals surface area contributed by atoms with Gasteiger partial charge in [0.05, 0.1) is 16.2 Å². The number of para-hydroxylation sites is 1. The van der Waals surface area contributed by atoms with Crippen molar-refractivity contribution in [2.75, 3.05) is 5.32 Å². The number of hydrogen-bond acceptors (Lipinski definition) is 5. The molecule has 0 bridgehead atoms. The highest BCUT2D eigenvalue weighted by Crippen LogP contribution is 2.37. The van der Waals surface area contributed by atoms with Crippen LogP contribution in [0.5, 0.6) is 0 Å². The van der Waals surface area contributed by atoms with Crippen LogP contribution < -0.4 is 10.8 Å². The van der Waals surface area contributed by atoms with Crippen molar-refractivity contribution < 1.29 is 27.3 Å². The number of nitrogens with zero attached hydrogens (tertiary/aromatic N) is 1. The molecule has 5 nitrogen and oxygen atoms in total. The molecule has 1 aromatic carbocycles. The summed E-state index contributed by atoms with van der Waals surface area (Å²) < 4.78 is 51.5. The third-order valence-electron chi connectivity index (χ3n) is 4.93. The second-order valence-corrected chi connectivity index (χ2v) is 8.74. The van der Waals surface area contributed by atoms with Crippen LogP contribution in [0.2, 0.25) is 0 Å². The lowest BCUT2D eigenvalue weighted by molar-refractivity contribution is -0.141. The molecule has 0 unspecified atom stereocenters. The number of carbonyl (C=O) groups is 1. The van der Waals surface area contributed by atoms with Crippen LogP contribution >= 0.6 is 11.3 Å². The Hall–Kier alpha value is -1.91. The van der Waals surface area contributed by atoms with E-state index in [2.05, 4.69) is 10.3 Å². The Balaban J connectivity index is 1.91. The van der Waals surface area contributed by atoms with E-state index >= 15 is 0 Å². The normalized spacial score (nSPS) is 18.4. The summed E-state index contributed by atoms with van der Waals surface area (Å²) in [6, 6.07) is 6.72. The van der Waals surface area contributed by atoms with Crippen LogP contribution in [-0.2, 0) is 15.5 Å². The summed E-state index contributed by atoms with van der Waals surface area (Å²) in [6.45, 7) is 9.00. The average molecular weight is 412 g/mol. The van der Waals surface area contributed by atoms with Crippen molar-refractivity contribution in [3.05, 3.63) is 39.8 Å². The maximum Gasteiger partial charge on any atom is 0.496 e. The lowest BCUT2D eigenvalue weighted by atomic mass is 9.78. The van der Waals surface area contributed by atoms with E-state index in [0.717, 1.165) is 0 Å². The van der Waals surface area contributed by atoms with E-state index in [1.807, 2.05) is 27.7 Å². The fraction of sp³-hybridized carbons (Fsp3) is 0.444. The summed E-state index contributed by atoms with van der Waals surface area (Å²) in [4.78, 5) is 15.6. The van der Waals surface area contributed by atoms with Crippen molar-refractivity contribution in [2.24, 2.45) is 0 Å². The number of nitrogens with one attached hydrogen (secondary N) is 1. The third-order valence-corrected chi connectivity index (χ3v) is 5.89. The molecule has 1 aromatic heterocycles. The molecule has 0 spiro atoms. The van der Waals surface area contributed by atoms with Gasteiger partial charge >= 0.3 is 13.3 Å². The van der Waals surface area contributed by atoms with Crippen LogP contribution in [0, 0.1) is 6.92 Å². The minimum Gasteiger partial charge on any atom is -0.399 e. The zero-order chi connectivity index (χ0) is 20.9. The number of alkyl halides is 3. The van der Waals surface area contributed by atoms with Gasteiger partial charge in [-0.1, -0.05) is 18.2 Å². The summed E-state index contributed by atoms with van der Waals surface area (Å²) in [5.74, 6) is -0.873. The van der Waals surface area contributed by atoms with Gasteiger partial charge in [-0.15, -0.1) is 11.3 Å². The Morgan fingerprint density at radius 1 is 1.14 bits per heavy atom. The number of halogens is 3. The van der Waals surface area contributed by atoms with Crippen molar-refractivity contribution >= 4 is 35.5 Å². The zero-order valence-electron chi connectivity index (χ0n) is 16.1. The predicted molar refractivity (Wildman–Crippen MR) is 102 cm³/mol. The summed E-state index contributed by atoms with van der Waals surface area (Å²) in [6.07, 6.45) is -4.71. The Morgan fingerprint density at radius 2 is 1.71 bits per heavy atom. The molecule has 1 N–H and O–H groups in total. The predicted octanol–water partition coefficient (Wildman–Crippen LogP) is 4.02. The Kier molecular flexibility index (Phi) is 5.10. The summed E-state index contributed by atoms with van der Waals surface area (Å²) in [5, 5.41) is 2.72. The van der Waals surface area contributed by atoms with E-state index in [4.69, 9.17) is 9.31 Å². The summed E-state index contributed by atoms with van der Waals surface area (Å²) in [5.41, 5.74) is -1.50. The van der Waals surface area contributed by atoms with E-state index in [9.17, 15) is 18.0 Å². The van der Waals surface area contributed by atoms with Crippen molar-refractivity contribution in [2.45, 2.75) is 52.0 Å². The van der Waals surface area contributed by atoms with Gasteiger partial charge in [0.2, 0.25) is 0 Å². The number of aryl methyl sites for hydroxylation is 1. The van der Waals surface area contributed by atoms with Crippen LogP contribution in [0.3, 0.4) is 0 Å². The van der Waals surface area contributed by atoms with Gasteiger partial charge in [-0.05, 0) is 40.7 Å². The van der Waals surface area contributed by atoms with Crippen molar-refractivity contribution in [3.63, 3.8) is 0 Å². The lowest BCUT2D eigenvalue weighted by Gasteiger charge is -2.32. The first-order valence-corrected chi connectivity index (χ1v) is 9.44. The Morgan fingerprint density at radius 3 is 2.29 bits per heavy atom. The fourth-order valence-electron chi connectivity index (χ4n) is 2.74. The number of aromatic nitrogens is 1. The Bertz CT molecular complexity index is 896. The molecule has 0 aliphatic carbocycles. The molecule has 1 aliphatic heterocycles. The highest BCUT2D eigenvalue weighted by atomic mass is 32.1. The quantitative estimate of drug-likeness (QED) is 0.774. The second kappa shape index (κ2) is 6.86. The van der Waals surface area contributed by atoms with Crippen LogP contribution in [0.4, 0.5) is 18.9 Å². The highest BCUT2D eigenvalue weighted by Gasteiger charge is 2.52. The van der Waals surface area contributed by atoms with Crippen molar-refractivity contribution in [1.82, 2.24) is 4.98 Å². The minimum absolute atomic E-state index is 0.164. The van der Waals surface area contributed by atoms with Gasteiger partial charge in [-0.3, -0.25) is 4.79 Å². The van der Waals surface area contributed by atoms with Gasteiger partial charge in [0, 0.05) is 11.2 Å². The van der Waals surface area contributed by atoms with E-state index in [0.29, 0.717) is 22.5 Å². The number of benzene rings is 1. The van der Waals surface area contributed by atoms with Crippen molar-refractivity contribution in [1.29, 1.82) is 0 Å².